The number of nitrogens with zero attached hydrogens (tertiary/aromatic N) is 3. The number of anilines is 1. The number of hydrogen-bond acceptors (Lipinski definition) is 4. The average molecular weight is 283 g/mol. The molecule has 1 fully saturated rings. The first-order valence-electron chi connectivity index (χ1n) is 6.86. The molecule has 3 nitrogen and oxygen atoms in total. The highest BCUT2D eigenvalue weighted by Gasteiger charge is 2.32. The van der Waals surface area contributed by atoms with Crippen LogP contribution in [0.4, 0.5) is 5.82 Å². The van der Waals surface area contributed by atoms with Gasteiger partial charge in [-0.3, -0.25) is 0 Å². The number of rotatable bonds is 4. The van der Waals surface area contributed by atoms with Crippen LogP contribution in [0.2, 0.25) is 0 Å². The van der Waals surface area contributed by atoms with Gasteiger partial charge in [0.25, 0.3) is 0 Å². The molecule has 0 unspecified atom stereocenters. The first-order chi connectivity index (χ1) is 9.69. The monoisotopic (exact) mass is 283 g/mol. The minimum Gasteiger partial charge on any atom is -0.347 e. The summed E-state index contributed by atoms with van der Waals surface area (Å²) in [4.78, 5) is 8.29. The molecular weight excluding hydrogens is 266 g/mol. The van der Waals surface area contributed by atoms with Gasteiger partial charge < -0.3 is 4.90 Å². The molecule has 1 saturated carbocycles. The summed E-state index contributed by atoms with van der Waals surface area (Å²) >= 11 is 1.76. The highest BCUT2D eigenvalue weighted by atomic mass is 32.1. The molecule has 0 spiro atoms. The van der Waals surface area contributed by atoms with Gasteiger partial charge in [0.1, 0.15) is 11.9 Å². The van der Waals surface area contributed by atoms with Gasteiger partial charge in [0.05, 0.1) is 12.1 Å². The van der Waals surface area contributed by atoms with Crippen molar-refractivity contribution in [2.45, 2.75) is 39.3 Å². The lowest BCUT2D eigenvalue weighted by Crippen LogP contribution is -2.27. The van der Waals surface area contributed by atoms with Gasteiger partial charge in [-0.1, -0.05) is 6.07 Å². The van der Waals surface area contributed by atoms with Crippen molar-refractivity contribution in [1.82, 2.24) is 4.98 Å². The second-order valence-electron chi connectivity index (χ2n) is 5.33. The third-order valence-electron chi connectivity index (χ3n) is 3.60. The Morgan fingerprint density at radius 3 is 2.85 bits per heavy atom. The SMILES string of the molecule is Cc1cc(C)c(C#N)c(N(Cc2cccs2)C2CC2)n1. The maximum absolute atomic E-state index is 9.45. The Morgan fingerprint density at radius 1 is 1.45 bits per heavy atom. The van der Waals surface area contributed by atoms with Crippen LogP contribution in [-0.2, 0) is 6.54 Å². The Bertz CT molecular complexity index is 651. The summed E-state index contributed by atoms with van der Waals surface area (Å²) in [6.07, 6.45) is 2.40. The number of aromatic nitrogens is 1. The zero-order valence-corrected chi connectivity index (χ0v) is 12.6. The van der Waals surface area contributed by atoms with Crippen molar-refractivity contribution in [3.05, 3.63) is 45.3 Å². The lowest BCUT2D eigenvalue weighted by Gasteiger charge is -2.25. The second-order valence-corrected chi connectivity index (χ2v) is 6.36. The van der Waals surface area contributed by atoms with E-state index in [1.165, 1.54) is 17.7 Å². The predicted molar refractivity (Wildman–Crippen MR) is 82.0 cm³/mol. The molecule has 3 rings (SSSR count). The van der Waals surface area contributed by atoms with E-state index in [1.54, 1.807) is 11.3 Å². The van der Waals surface area contributed by atoms with Gasteiger partial charge in [-0.05, 0) is 49.8 Å². The van der Waals surface area contributed by atoms with Gasteiger partial charge in [0, 0.05) is 16.6 Å². The zero-order valence-electron chi connectivity index (χ0n) is 11.8. The quantitative estimate of drug-likeness (QED) is 0.857. The molecular formula is C16H17N3S. The smallest absolute Gasteiger partial charge is 0.147 e. The van der Waals surface area contributed by atoms with Crippen molar-refractivity contribution in [2.24, 2.45) is 0 Å². The number of hydrogen-bond donors (Lipinski definition) is 0. The molecule has 0 aliphatic heterocycles. The van der Waals surface area contributed by atoms with E-state index in [9.17, 15) is 5.26 Å². The van der Waals surface area contributed by atoms with Crippen molar-refractivity contribution < 1.29 is 0 Å². The second kappa shape index (κ2) is 5.26. The molecule has 2 heterocycles. The van der Waals surface area contributed by atoms with Crippen LogP contribution >= 0.6 is 11.3 Å². The lowest BCUT2D eigenvalue weighted by atomic mass is 10.1. The van der Waals surface area contributed by atoms with Crippen LogP contribution in [0, 0.1) is 25.2 Å². The zero-order chi connectivity index (χ0) is 14.1. The van der Waals surface area contributed by atoms with Crippen LogP contribution in [0.15, 0.2) is 23.6 Å². The van der Waals surface area contributed by atoms with E-state index in [-0.39, 0.29) is 0 Å². The van der Waals surface area contributed by atoms with Gasteiger partial charge in [0.2, 0.25) is 0 Å². The van der Waals surface area contributed by atoms with Crippen LogP contribution in [0.5, 0.6) is 0 Å². The molecule has 102 valence electrons. The molecule has 0 N–H and O–H groups in total. The molecule has 0 saturated heterocycles. The fourth-order valence-electron chi connectivity index (χ4n) is 2.50. The first-order valence-corrected chi connectivity index (χ1v) is 7.74. The van der Waals surface area contributed by atoms with Gasteiger partial charge >= 0.3 is 0 Å². The summed E-state index contributed by atoms with van der Waals surface area (Å²) in [6.45, 7) is 4.84. The summed E-state index contributed by atoms with van der Waals surface area (Å²) < 4.78 is 0. The maximum atomic E-state index is 9.45. The van der Waals surface area contributed by atoms with Crippen molar-refractivity contribution in [2.75, 3.05) is 4.90 Å². The number of thiophene rings is 1. The molecule has 0 amide bonds. The van der Waals surface area contributed by atoms with Crippen LogP contribution < -0.4 is 4.90 Å². The van der Waals surface area contributed by atoms with E-state index in [1.807, 2.05) is 19.9 Å². The Labute approximate surface area is 123 Å². The van der Waals surface area contributed by atoms with E-state index >= 15 is 0 Å². The van der Waals surface area contributed by atoms with E-state index in [2.05, 4.69) is 33.5 Å². The molecule has 4 heteroatoms. The number of nitriles is 1. The fourth-order valence-corrected chi connectivity index (χ4v) is 3.20. The van der Waals surface area contributed by atoms with E-state index in [4.69, 9.17) is 0 Å². The van der Waals surface area contributed by atoms with Gasteiger partial charge in [-0.2, -0.15) is 5.26 Å². The summed E-state index contributed by atoms with van der Waals surface area (Å²) in [5, 5.41) is 11.6. The Balaban J connectivity index is 2.01. The highest BCUT2D eigenvalue weighted by Crippen LogP contribution is 2.35. The molecule has 2 aromatic heterocycles. The third-order valence-corrected chi connectivity index (χ3v) is 4.46. The minimum atomic E-state index is 0.540. The minimum absolute atomic E-state index is 0.540. The lowest BCUT2D eigenvalue weighted by molar-refractivity contribution is 0.781. The Morgan fingerprint density at radius 2 is 2.25 bits per heavy atom. The largest absolute Gasteiger partial charge is 0.347 e. The predicted octanol–water partition coefficient (Wildman–Crippen LogP) is 3.80. The topological polar surface area (TPSA) is 39.9 Å². The molecule has 0 radical (unpaired) electrons. The van der Waals surface area contributed by atoms with E-state index in [0.717, 1.165) is 29.2 Å². The Hall–Kier alpha value is -1.86. The standard InChI is InChI=1S/C16H17N3S/c1-11-8-12(2)18-16(15(11)9-17)19(13-5-6-13)10-14-4-3-7-20-14/h3-4,7-8,13H,5-6,10H2,1-2H3. The van der Waals surface area contributed by atoms with Crippen molar-refractivity contribution in [3.63, 3.8) is 0 Å². The summed E-state index contributed by atoms with van der Waals surface area (Å²) in [6, 6.07) is 9.08. The summed E-state index contributed by atoms with van der Waals surface area (Å²) in [5.41, 5.74) is 2.72. The summed E-state index contributed by atoms with van der Waals surface area (Å²) in [5.74, 6) is 0.862. The number of aryl methyl sites for hydroxylation is 2. The molecule has 20 heavy (non-hydrogen) atoms. The van der Waals surface area contributed by atoms with Crippen LogP contribution in [0.3, 0.4) is 0 Å². The molecule has 0 bridgehead atoms. The van der Waals surface area contributed by atoms with Crippen molar-refractivity contribution >= 4 is 17.2 Å². The maximum Gasteiger partial charge on any atom is 0.147 e. The molecule has 1 aliphatic rings. The van der Waals surface area contributed by atoms with Crippen LogP contribution in [0.1, 0.15) is 34.5 Å². The average Bonchev–Trinajstić information content (AvgIpc) is 3.12. The normalized spacial score (nSPS) is 14.1. The van der Waals surface area contributed by atoms with Gasteiger partial charge in [-0.15, -0.1) is 11.3 Å². The van der Waals surface area contributed by atoms with E-state index in [0.29, 0.717) is 6.04 Å². The molecule has 2 aromatic rings. The first kappa shape index (κ1) is 13.1. The third kappa shape index (κ3) is 2.54. The highest BCUT2D eigenvalue weighted by molar-refractivity contribution is 7.09. The van der Waals surface area contributed by atoms with Crippen LogP contribution in [-0.4, -0.2) is 11.0 Å². The summed E-state index contributed by atoms with van der Waals surface area (Å²) in [7, 11) is 0. The van der Waals surface area contributed by atoms with Crippen molar-refractivity contribution in [3.8, 4) is 6.07 Å². The molecule has 0 atom stereocenters. The molecule has 0 aromatic carbocycles. The van der Waals surface area contributed by atoms with Gasteiger partial charge in [-0.25, -0.2) is 4.98 Å². The Kier molecular flexibility index (Phi) is 3.45. The van der Waals surface area contributed by atoms with Gasteiger partial charge in [0.15, 0.2) is 0 Å². The van der Waals surface area contributed by atoms with E-state index < -0.39 is 0 Å². The van der Waals surface area contributed by atoms with Crippen molar-refractivity contribution in [1.29, 1.82) is 5.26 Å². The van der Waals surface area contributed by atoms with Crippen LogP contribution in [0.25, 0.3) is 0 Å². The molecule has 1 aliphatic carbocycles. The fraction of sp³-hybridized carbons (Fsp3) is 0.375. The number of pyridine rings is 1.